The zero-order chi connectivity index (χ0) is 20.5. The van der Waals surface area contributed by atoms with Crippen molar-refractivity contribution >= 4 is 29.2 Å². The molecule has 8 heteroatoms. The predicted molar refractivity (Wildman–Crippen MR) is 122 cm³/mol. The minimum Gasteiger partial charge on any atom is -0.368 e. The number of benzene rings is 1. The summed E-state index contributed by atoms with van der Waals surface area (Å²) in [6.45, 7) is 5.15. The molecule has 0 amide bonds. The fraction of sp³-hybridized carbons (Fsp3) is 0.429. The lowest BCUT2D eigenvalue weighted by atomic mass is 10.2. The molecule has 0 atom stereocenters. The van der Waals surface area contributed by atoms with Crippen molar-refractivity contribution in [2.45, 2.75) is 6.54 Å². The SMILES string of the molecule is CN=C(NCCSC)NCc1ccnc(N2CCN(c3ccc(F)cc3)CC2)c1. The van der Waals surface area contributed by atoms with Crippen LogP contribution < -0.4 is 20.4 Å². The molecule has 1 fully saturated rings. The Morgan fingerprint density at radius 2 is 1.83 bits per heavy atom. The Kier molecular flexibility index (Phi) is 7.98. The van der Waals surface area contributed by atoms with Gasteiger partial charge in [-0.3, -0.25) is 4.99 Å². The van der Waals surface area contributed by atoms with E-state index in [9.17, 15) is 4.39 Å². The van der Waals surface area contributed by atoms with Crippen LogP contribution in [0.5, 0.6) is 0 Å². The van der Waals surface area contributed by atoms with Gasteiger partial charge in [-0.25, -0.2) is 9.37 Å². The Bertz CT molecular complexity index is 790. The van der Waals surface area contributed by atoms with E-state index in [1.54, 1.807) is 18.8 Å². The van der Waals surface area contributed by atoms with E-state index in [4.69, 9.17) is 0 Å². The van der Waals surface area contributed by atoms with Crippen molar-refractivity contribution in [1.82, 2.24) is 15.6 Å². The first-order valence-electron chi connectivity index (χ1n) is 9.83. The molecule has 6 nitrogen and oxygen atoms in total. The minimum absolute atomic E-state index is 0.197. The summed E-state index contributed by atoms with van der Waals surface area (Å²) in [7, 11) is 1.78. The zero-order valence-electron chi connectivity index (χ0n) is 17.1. The van der Waals surface area contributed by atoms with E-state index in [1.807, 2.05) is 24.4 Å². The van der Waals surface area contributed by atoms with Crippen LogP contribution in [-0.2, 0) is 6.54 Å². The number of pyridine rings is 1. The molecule has 2 N–H and O–H groups in total. The van der Waals surface area contributed by atoms with Crippen LogP contribution in [0.1, 0.15) is 5.56 Å². The number of hydrogen-bond acceptors (Lipinski definition) is 5. The van der Waals surface area contributed by atoms with Crippen LogP contribution in [0.2, 0.25) is 0 Å². The van der Waals surface area contributed by atoms with Crippen molar-refractivity contribution in [2.24, 2.45) is 4.99 Å². The molecule has 0 spiro atoms. The maximum absolute atomic E-state index is 13.1. The van der Waals surface area contributed by atoms with Gasteiger partial charge in [-0.1, -0.05) is 0 Å². The van der Waals surface area contributed by atoms with Crippen LogP contribution in [0.4, 0.5) is 15.9 Å². The van der Waals surface area contributed by atoms with Crippen LogP contribution in [-0.4, -0.2) is 62.7 Å². The lowest BCUT2D eigenvalue weighted by Gasteiger charge is -2.36. The highest BCUT2D eigenvalue weighted by atomic mass is 32.2. The quantitative estimate of drug-likeness (QED) is 0.411. The zero-order valence-corrected chi connectivity index (χ0v) is 17.9. The molecular formula is C21H29FN6S. The summed E-state index contributed by atoms with van der Waals surface area (Å²) in [5, 5.41) is 6.66. The molecule has 29 heavy (non-hydrogen) atoms. The molecule has 0 bridgehead atoms. The van der Waals surface area contributed by atoms with Crippen molar-refractivity contribution in [2.75, 3.05) is 61.6 Å². The van der Waals surface area contributed by atoms with Gasteiger partial charge in [0.2, 0.25) is 0 Å². The molecule has 1 aromatic heterocycles. The molecule has 1 aliphatic heterocycles. The third-order valence-corrected chi connectivity index (χ3v) is 5.50. The summed E-state index contributed by atoms with van der Waals surface area (Å²) in [6.07, 6.45) is 3.96. The van der Waals surface area contributed by atoms with Gasteiger partial charge in [0.25, 0.3) is 0 Å². The Hall–Kier alpha value is -2.48. The second-order valence-electron chi connectivity index (χ2n) is 6.82. The molecule has 1 aromatic carbocycles. The van der Waals surface area contributed by atoms with Gasteiger partial charge in [0.1, 0.15) is 11.6 Å². The first-order valence-corrected chi connectivity index (χ1v) is 11.2. The van der Waals surface area contributed by atoms with Gasteiger partial charge in [-0.2, -0.15) is 11.8 Å². The van der Waals surface area contributed by atoms with Crippen molar-refractivity contribution < 1.29 is 4.39 Å². The standard InChI is InChI=1S/C21H29FN6S/c1-23-21(25-9-14-29-2)26-16-17-7-8-24-20(15-17)28-12-10-27(11-13-28)19-5-3-18(22)4-6-19/h3-8,15H,9-14,16H2,1-2H3,(H2,23,25,26). The Balaban J connectivity index is 1.52. The van der Waals surface area contributed by atoms with Crippen LogP contribution in [0, 0.1) is 5.82 Å². The Morgan fingerprint density at radius 1 is 1.10 bits per heavy atom. The topological polar surface area (TPSA) is 55.8 Å². The summed E-state index contributed by atoms with van der Waals surface area (Å²) >= 11 is 1.81. The van der Waals surface area contributed by atoms with Gasteiger partial charge >= 0.3 is 0 Å². The van der Waals surface area contributed by atoms with Gasteiger partial charge in [-0.05, 0) is 48.2 Å². The van der Waals surface area contributed by atoms with Gasteiger partial charge in [0.15, 0.2) is 5.96 Å². The van der Waals surface area contributed by atoms with Crippen molar-refractivity contribution in [1.29, 1.82) is 0 Å². The average molecular weight is 417 g/mol. The molecule has 0 radical (unpaired) electrons. The smallest absolute Gasteiger partial charge is 0.191 e. The van der Waals surface area contributed by atoms with E-state index in [1.165, 1.54) is 17.7 Å². The van der Waals surface area contributed by atoms with E-state index in [-0.39, 0.29) is 5.82 Å². The van der Waals surface area contributed by atoms with Gasteiger partial charge < -0.3 is 20.4 Å². The maximum Gasteiger partial charge on any atom is 0.191 e. The number of piperazine rings is 1. The van der Waals surface area contributed by atoms with Crippen LogP contribution in [0.15, 0.2) is 47.6 Å². The van der Waals surface area contributed by atoms with Crippen LogP contribution in [0.3, 0.4) is 0 Å². The highest BCUT2D eigenvalue weighted by molar-refractivity contribution is 7.98. The highest BCUT2D eigenvalue weighted by Crippen LogP contribution is 2.20. The third kappa shape index (κ3) is 6.25. The summed E-state index contributed by atoms with van der Waals surface area (Å²) in [5.41, 5.74) is 2.24. The molecule has 1 saturated heterocycles. The molecule has 0 aliphatic carbocycles. The number of nitrogens with zero attached hydrogens (tertiary/aromatic N) is 4. The molecule has 156 valence electrons. The molecule has 2 aromatic rings. The summed E-state index contributed by atoms with van der Waals surface area (Å²) < 4.78 is 13.1. The molecule has 3 rings (SSSR count). The summed E-state index contributed by atoms with van der Waals surface area (Å²) in [6, 6.07) is 10.9. The molecule has 2 heterocycles. The molecule has 0 saturated carbocycles. The minimum atomic E-state index is -0.197. The van der Waals surface area contributed by atoms with Crippen LogP contribution in [0.25, 0.3) is 0 Å². The van der Waals surface area contributed by atoms with E-state index in [0.29, 0.717) is 6.54 Å². The number of thioether (sulfide) groups is 1. The Morgan fingerprint density at radius 3 is 2.52 bits per heavy atom. The van der Waals surface area contributed by atoms with E-state index >= 15 is 0 Å². The van der Waals surface area contributed by atoms with Gasteiger partial charge in [0.05, 0.1) is 0 Å². The van der Waals surface area contributed by atoms with Crippen molar-refractivity contribution in [3.8, 4) is 0 Å². The summed E-state index contributed by atoms with van der Waals surface area (Å²) in [5.74, 6) is 2.65. The number of nitrogens with one attached hydrogen (secondary N) is 2. The average Bonchev–Trinajstić information content (AvgIpc) is 2.77. The lowest BCUT2D eigenvalue weighted by molar-refractivity contribution is 0.624. The number of anilines is 2. The second-order valence-corrected chi connectivity index (χ2v) is 7.80. The number of aromatic nitrogens is 1. The largest absolute Gasteiger partial charge is 0.368 e. The normalized spacial score (nSPS) is 14.8. The number of guanidine groups is 1. The first-order chi connectivity index (χ1) is 14.2. The van der Waals surface area contributed by atoms with E-state index < -0.39 is 0 Å². The Labute approximate surface area is 176 Å². The van der Waals surface area contributed by atoms with E-state index in [2.05, 4.69) is 42.7 Å². The van der Waals surface area contributed by atoms with Crippen molar-refractivity contribution in [3.63, 3.8) is 0 Å². The molecule has 0 unspecified atom stereocenters. The number of rotatable bonds is 7. The number of halogens is 1. The van der Waals surface area contributed by atoms with E-state index in [0.717, 1.165) is 55.9 Å². The highest BCUT2D eigenvalue weighted by Gasteiger charge is 2.18. The number of aliphatic imine (C=N–C) groups is 1. The van der Waals surface area contributed by atoms with Crippen molar-refractivity contribution in [3.05, 3.63) is 54.0 Å². The molecular weight excluding hydrogens is 387 g/mol. The second kappa shape index (κ2) is 10.9. The summed E-state index contributed by atoms with van der Waals surface area (Å²) in [4.78, 5) is 13.4. The molecule has 1 aliphatic rings. The monoisotopic (exact) mass is 416 g/mol. The van der Waals surface area contributed by atoms with Gasteiger partial charge in [-0.15, -0.1) is 0 Å². The fourth-order valence-electron chi connectivity index (χ4n) is 3.27. The third-order valence-electron chi connectivity index (χ3n) is 4.89. The first kappa shape index (κ1) is 21.2. The fourth-order valence-corrected chi connectivity index (χ4v) is 3.57. The lowest BCUT2D eigenvalue weighted by Crippen LogP contribution is -2.46. The van der Waals surface area contributed by atoms with Crippen LogP contribution >= 0.6 is 11.8 Å². The maximum atomic E-state index is 13.1. The number of hydrogen-bond donors (Lipinski definition) is 2. The predicted octanol–water partition coefficient (Wildman–Crippen LogP) is 2.58. The van der Waals surface area contributed by atoms with Gasteiger partial charge in [0, 0.05) is 64.0 Å².